The second-order valence-corrected chi connectivity index (χ2v) is 6.70. The van der Waals surface area contributed by atoms with Gasteiger partial charge < -0.3 is 10.1 Å². The average molecular weight is 399 g/mol. The lowest BCUT2D eigenvalue weighted by Gasteiger charge is -2.08. The summed E-state index contributed by atoms with van der Waals surface area (Å²) in [5, 5.41) is 7.48. The molecule has 4 rings (SSSR count). The van der Waals surface area contributed by atoms with E-state index in [0.717, 1.165) is 22.4 Å². The molecule has 0 amide bonds. The van der Waals surface area contributed by atoms with Gasteiger partial charge in [-0.15, -0.1) is 5.10 Å². The van der Waals surface area contributed by atoms with Crippen LogP contribution in [0.2, 0.25) is 0 Å². The predicted octanol–water partition coefficient (Wildman–Crippen LogP) is 4.19. The number of carbonyl (C=O) groups excluding carboxylic acids is 1. The van der Waals surface area contributed by atoms with Crippen molar-refractivity contribution in [3.8, 4) is 17.1 Å². The second-order valence-electron chi connectivity index (χ2n) is 6.70. The van der Waals surface area contributed by atoms with Gasteiger partial charge in [0.15, 0.2) is 5.82 Å². The summed E-state index contributed by atoms with van der Waals surface area (Å²) in [5.74, 6) is 1.43. The Morgan fingerprint density at radius 2 is 1.80 bits per heavy atom. The van der Waals surface area contributed by atoms with E-state index in [0.29, 0.717) is 24.9 Å². The first-order valence-corrected chi connectivity index (χ1v) is 9.57. The first-order chi connectivity index (χ1) is 14.7. The highest BCUT2D eigenvalue weighted by Gasteiger charge is 2.14. The Bertz CT molecular complexity index is 1110. The number of anilines is 1. The standard InChI is InChI=1S/C23H21N5O2/c1-17(29)28-23(26-22(27-28)20-8-5-13-24-15-20)25-14-18-9-11-21(12-10-18)30-16-19-6-3-2-4-7-19/h2-13,15H,14,16H2,1H3,(H,25,26,27). The number of ether oxygens (including phenoxy) is 1. The van der Waals surface area contributed by atoms with Crippen molar-refractivity contribution in [3.05, 3.63) is 90.3 Å². The number of hydrogen-bond acceptors (Lipinski definition) is 6. The van der Waals surface area contributed by atoms with Crippen LogP contribution in [-0.4, -0.2) is 25.7 Å². The molecule has 2 heterocycles. The molecule has 1 N–H and O–H groups in total. The molecule has 2 aromatic carbocycles. The number of rotatable bonds is 7. The van der Waals surface area contributed by atoms with Crippen LogP contribution in [0.5, 0.6) is 5.75 Å². The first kappa shape index (κ1) is 19.3. The quantitative estimate of drug-likeness (QED) is 0.502. The summed E-state index contributed by atoms with van der Waals surface area (Å²) in [6, 6.07) is 21.5. The van der Waals surface area contributed by atoms with Crippen LogP contribution in [-0.2, 0) is 13.2 Å². The fourth-order valence-electron chi connectivity index (χ4n) is 2.89. The summed E-state index contributed by atoms with van der Waals surface area (Å²) in [4.78, 5) is 20.5. The van der Waals surface area contributed by atoms with Gasteiger partial charge in [0.25, 0.3) is 0 Å². The monoisotopic (exact) mass is 399 g/mol. The molecule has 0 aliphatic heterocycles. The molecular formula is C23H21N5O2. The van der Waals surface area contributed by atoms with E-state index >= 15 is 0 Å². The van der Waals surface area contributed by atoms with E-state index in [1.807, 2.05) is 60.7 Å². The van der Waals surface area contributed by atoms with E-state index in [9.17, 15) is 4.79 Å². The maximum atomic E-state index is 11.9. The molecule has 0 unspecified atom stereocenters. The maximum absolute atomic E-state index is 11.9. The number of carbonyl (C=O) groups is 1. The fourth-order valence-corrected chi connectivity index (χ4v) is 2.89. The Balaban J connectivity index is 1.40. The molecule has 0 saturated heterocycles. The van der Waals surface area contributed by atoms with E-state index in [2.05, 4.69) is 20.4 Å². The Kier molecular flexibility index (Phi) is 5.80. The molecule has 30 heavy (non-hydrogen) atoms. The summed E-state index contributed by atoms with van der Waals surface area (Å²) < 4.78 is 7.08. The summed E-state index contributed by atoms with van der Waals surface area (Å²) >= 11 is 0. The lowest BCUT2D eigenvalue weighted by molar-refractivity contribution is 0.0923. The third kappa shape index (κ3) is 4.70. The molecule has 0 aliphatic carbocycles. The Morgan fingerprint density at radius 1 is 1.00 bits per heavy atom. The number of benzene rings is 2. The van der Waals surface area contributed by atoms with Crippen molar-refractivity contribution in [2.45, 2.75) is 20.1 Å². The first-order valence-electron chi connectivity index (χ1n) is 9.57. The SMILES string of the molecule is CC(=O)n1nc(-c2cccnc2)nc1NCc1ccc(OCc2ccccc2)cc1. The van der Waals surface area contributed by atoms with Gasteiger partial charge in [-0.2, -0.15) is 9.67 Å². The van der Waals surface area contributed by atoms with Gasteiger partial charge in [-0.1, -0.05) is 42.5 Å². The Morgan fingerprint density at radius 3 is 2.50 bits per heavy atom. The zero-order chi connectivity index (χ0) is 20.8. The van der Waals surface area contributed by atoms with Crippen molar-refractivity contribution in [1.82, 2.24) is 19.7 Å². The van der Waals surface area contributed by atoms with Crippen LogP contribution in [0, 0.1) is 0 Å². The average Bonchev–Trinajstić information content (AvgIpc) is 3.23. The van der Waals surface area contributed by atoms with Gasteiger partial charge in [-0.05, 0) is 35.4 Å². The molecule has 0 fully saturated rings. The van der Waals surface area contributed by atoms with Gasteiger partial charge in [0, 0.05) is 31.4 Å². The third-order valence-electron chi connectivity index (χ3n) is 4.45. The van der Waals surface area contributed by atoms with Crippen molar-refractivity contribution in [2.75, 3.05) is 5.32 Å². The highest BCUT2D eigenvalue weighted by Crippen LogP contribution is 2.18. The van der Waals surface area contributed by atoms with Crippen LogP contribution in [0.25, 0.3) is 11.4 Å². The van der Waals surface area contributed by atoms with Gasteiger partial charge in [-0.3, -0.25) is 9.78 Å². The minimum atomic E-state index is -0.218. The highest BCUT2D eigenvalue weighted by molar-refractivity contribution is 5.79. The van der Waals surface area contributed by atoms with Gasteiger partial charge in [0.05, 0.1) is 0 Å². The topological polar surface area (TPSA) is 81.9 Å². The van der Waals surface area contributed by atoms with Gasteiger partial charge in [-0.25, -0.2) is 0 Å². The Hall–Kier alpha value is -4.00. The molecule has 0 bridgehead atoms. The molecule has 4 aromatic rings. The number of aromatic nitrogens is 4. The molecule has 2 aromatic heterocycles. The zero-order valence-electron chi connectivity index (χ0n) is 16.5. The van der Waals surface area contributed by atoms with Crippen molar-refractivity contribution < 1.29 is 9.53 Å². The minimum absolute atomic E-state index is 0.218. The van der Waals surface area contributed by atoms with Gasteiger partial charge >= 0.3 is 0 Å². The van der Waals surface area contributed by atoms with Crippen LogP contribution in [0.1, 0.15) is 22.8 Å². The largest absolute Gasteiger partial charge is 0.489 e. The number of pyridine rings is 1. The Labute approximate surface area is 174 Å². The van der Waals surface area contributed by atoms with E-state index < -0.39 is 0 Å². The molecule has 7 nitrogen and oxygen atoms in total. The van der Waals surface area contributed by atoms with Crippen molar-refractivity contribution in [3.63, 3.8) is 0 Å². The lowest BCUT2D eigenvalue weighted by atomic mass is 10.2. The lowest BCUT2D eigenvalue weighted by Crippen LogP contribution is -2.13. The zero-order valence-corrected chi connectivity index (χ0v) is 16.5. The molecule has 0 aliphatic rings. The van der Waals surface area contributed by atoms with Crippen LogP contribution in [0.4, 0.5) is 5.95 Å². The molecule has 0 atom stereocenters. The molecular weight excluding hydrogens is 378 g/mol. The normalized spacial score (nSPS) is 10.6. The van der Waals surface area contributed by atoms with E-state index in [1.165, 1.54) is 11.6 Å². The van der Waals surface area contributed by atoms with Gasteiger partial charge in [0.2, 0.25) is 11.9 Å². The smallest absolute Gasteiger partial charge is 0.246 e. The number of nitrogens with zero attached hydrogens (tertiary/aromatic N) is 4. The number of nitrogens with one attached hydrogen (secondary N) is 1. The maximum Gasteiger partial charge on any atom is 0.246 e. The van der Waals surface area contributed by atoms with Crippen molar-refractivity contribution in [1.29, 1.82) is 0 Å². The molecule has 0 radical (unpaired) electrons. The summed E-state index contributed by atoms with van der Waals surface area (Å²) in [7, 11) is 0. The molecule has 150 valence electrons. The fraction of sp³-hybridized carbons (Fsp3) is 0.130. The van der Waals surface area contributed by atoms with E-state index in [1.54, 1.807) is 18.5 Å². The van der Waals surface area contributed by atoms with Crippen LogP contribution < -0.4 is 10.1 Å². The van der Waals surface area contributed by atoms with Crippen LogP contribution in [0.15, 0.2) is 79.1 Å². The molecule has 0 spiro atoms. The van der Waals surface area contributed by atoms with E-state index in [-0.39, 0.29) is 5.91 Å². The van der Waals surface area contributed by atoms with Crippen LogP contribution >= 0.6 is 0 Å². The second kappa shape index (κ2) is 9.00. The predicted molar refractivity (Wildman–Crippen MR) is 114 cm³/mol. The highest BCUT2D eigenvalue weighted by atomic mass is 16.5. The van der Waals surface area contributed by atoms with Crippen molar-refractivity contribution >= 4 is 11.9 Å². The number of hydrogen-bond donors (Lipinski definition) is 1. The van der Waals surface area contributed by atoms with Gasteiger partial charge in [0.1, 0.15) is 12.4 Å². The van der Waals surface area contributed by atoms with Crippen LogP contribution in [0.3, 0.4) is 0 Å². The summed E-state index contributed by atoms with van der Waals surface area (Å²) in [6.07, 6.45) is 3.34. The minimum Gasteiger partial charge on any atom is -0.489 e. The van der Waals surface area contributed by atoms with E-state index in [4.69, 9.17) is 4.74 Å². The molecule has 0 saturated carbocycles. The third-order valence-corrected chi connectivity index (χ3v) is 4.45. The summed E-state index contributed by atoms with van der Waals surface area (Å²) in [5.41, 5.74) is 2.90. The van der Waals surface area contributed by atoms with Crippen molar-refractivity contribution in [2.24, 2.45) is 0 Å². The summed E-state index contributed by atoms with van der Waals surface area (Å²) in [6.45, 7) is 2.47. The molecule has 7 heteroatoms.